The predicted molar refractivity (Wildman–Crippen MR) is 136 cm³/mol. The second kappa shape index (κ2) is 8.12. The summed E-state index contributed by atoms with van der Waals surface area (Å²) >= 11 is 0. The molecular formula is C30H25N. The van der Waals surface area contributed by atoms with Crippen LogP contribution in [0.3, 0.4) is 0 Å². The first-order chi connectivity index (χ1) is 15.2. The van der Waals surface area contributed by atoms with Crippen molar-refractivity contribution in [3.8, 4) is 0 Å². The zero-order chi connectivity index (χ0) is 21.2. The number of nitrogens with zero attached hydrogens (tertiary/aromatic N) is 1. The molecule has 1 heteroatoms. The van der Waals surface area contributed by atoms with Crippen LogP contribution < -0.4 is 4.90 Å². The summed E-state index contributed by atoms with van der Waals surface area (Å²) in [5, 5.41) is 5.05. The summed E-state index contributed by atoms with van der Waals surface area (Å²) in [4.78, 5) is 2.13. The number of rotatable bonds is 4. The Kier molecular flexibility index (Phi) is 5.01. The molecule has 0 aliphatic heterocycles. The summed E-state index contributed by atoms with van der Waals surface area (Å²) in [6, 6.07) is 39.3. The number of hydrogen-bond acceptors (Lipinski definition) is 1. The van der Waals surface area contributed by atoms with Crippen LogP contribution >= 0.6 is 0 Å². The van der Waals surface area contributed by atoms with Crippen molar-refractivity contribution in [3.05, 3.63) is 126 Å². The lowest BCUT2D eigenvalue weighted by molar-refractivity contribution is 1.13. The van der Waals surface area contributed by atoms with Crippen molar-refractivity contribution in [3.63, 3.8) is 0 Å². The Morgan fingerprint density at radius 3 is 1.74 bits per heavy atom. The fourth-order valence-corrected chi connectivity index (χ4v) is 4.09. The maximum atomic E-state index is 2.31. The topological polar surface area (TPSA) is 3.24 Å². The second-order valence-corrected chi connectivity index (χ2v) is 8.17. The number of benzene rings is 5. The highest BCUT2D eigenvalue weighted by Crippen LogP contribution is 2.30. The smallest absolute Gasteiger partial charge is 0.0361 e. The van der Waals surface area contributed by atoms with Gasteiger partial charge >= 0.3 is 0 Å². The average Bonchev–Trinajstić information content (AvgIpc) is 2.82. The average molecular weight is 400 g/mol. The van der Waals surface area contributed by atoms with Crippen molar-refractivity contribution < 1.29 is 0 Å². The number of hydrogen-bond donors (Lipinski definition) is 0. The molecule has 0 atom stereocenters. The van der Waals surface area contributed by atoms with Crippen LogP contribution in [0.4, 0.5) is 5.69 Å². The van der Waals surface area contributed by atoms with Crippen molar-refractivity contribution in [1.82, 2.24) is 0 Å². The zero-order valence-corrected chi connectivity index (χ0v) is 17.9. The van der Waals surface area contributed by atoms with E-state index < -0.39 is 0 Å². The summed E-state index contributed by atoms with van der Waals surface area (Å²) < 4.78 is 0. The number of fused-ring (bicyclic) bond motifs is 2. The molecule has 0 spiro atoms. The third kappa shape index (κ3) is 3.95. The molecule has 31 heavy (non-hydrogen) atoms. The normalized spacial score (nSPS) is 11.7. The maximum Gasteiger partial charge on any atom is 0.0361 e. The van der Waals surface area contributed by atoms with Gasteiger partial charge in [-0.3, -0.25) is 0 Å². The maximum absolute atomic E-state index is 2.31. The van der Waals surface area contributed by atoms with Crippen LogP contribution in [-0.4, -0.2) is 14.1 Å². The first-order valence-corrected chi connectivity index (χ1v) is 10.6. The minimum Gasteiger partial charge on any atom is -0.378 e. The van der Waals surface area contributed by atoms with E-state index >= 15 is 0 Å². The van der Waals surface area contributed by atoms with Crippen molar-refractivity contribution in [2.24, 2.45) is 0 Å². The highest BCUT2D eigenvalue weighted by atomic mass is 15.1. The van der Waals surface area contributed by atoms with E-state index in [0.717, 1.165) is 0 Å². The first kappa shape index (κ1) is 19.1. The third-order valence-electron chi connectivity index (χ3n) is 5.84. The van der Waals surface area contributed by atoms with Gasteiger partial charge in [-0.15, -0.1) is 0 Å². The van der Waals surface area contributed by atoms with E-state index in [1.807, 2.05) is 0 Å². The van der Waals surface area contributed by atoms with E-state index in [4.69, 9.17) is 0 Å². The molecule has 0 unspecified atom stereocenters. The molecule has 0 radical (unpaired) electrons. The highest BCUT2D eigenvalue weighted by Gasteiger charge is 2.08. The molecule has 0 fully saturated rings. The Morgan fingerprint density at radius 2 is 1.10 bits per heavy atom. The molecule has 5 aromatic rings. The van der Waals surface area contributed by atoms with Crippen LogP contribution in [0, 0.1) is 0 Å². The van der Waals surface area contributed by atoms with E-state index in [1.54, 1.807) is 0 Å². The van der Waals surface area contributed by atoms with E-state index in [-0.39, 0.29) is 0 Å². The summed E-state index contributed by atoms with van der Waals surface area (Å²) in [6.45, 7) is 0. The Labute approximate surface area is 183 Å². The lowest BCUT2D eigenvalue weighted by Crippen LogP contribution is -2.08. The van der Waals surface area contributed by atoms with Crippen molar-refractivity contribution in [2.75, 3.05) is 19.0 Å². The Balaban J connectivity index is 1.67. The predicted octanol–water partition coefficient (Wildman–Crippen LogP) is 7.65. The minimum absolute atomic E-state index is 1.20. The van der Waals surface area contributed by atoms with Gasteiger partial charge < -0.3 is 4.90 Å². The molecule has 5 rings (SSSR count). The number of anilines is 1. The SMILES string of the molecule is CN(C)c1ccc(/C(=C/c2ccc3ccccc3c2)c2ccc3ccccc3c2)cc1. The van der Waals surface area contributed by atoms with Crippen molar-refractivity contribution >= 4 is 38.9 Å². The zero-order valence-electron chi connectivity index (χ0n) is 17.9. The molecule has 0 N–H and O–H groups in total. The van der Waals surface area contributed by atoms with Gasteiger partial charge in [0.2, 0.25) is 0 Å². The van der Waals surface area contributed by atoms with Crippen LogP contribution in [-0.2, 0) is 0 Å². The Morgan fingerprint density at radius 1 is 0.548 bits per heavy atom. The largest absolute Gasteiger partial charge is 0.378 e. The molecule has 0 bridgehead atoms. The first-order valence-electron chi connectivity index (χ1n) is 10.6. The lowest BCUT2D eigenvalue weighted by atomic mass is 9.93. The van der Waals surface area contributed by atoms with Gasteiger partial charge in [0.1, 0.15) is 0 Å². The molecule has 1 nitrogen and oxygen atoms in total. The minimum atomic E-state index is 1.20. The van der Waals surface area contributed by atoms with Crippen LogP contribution in [0.2, 0.25) is 0 Å². The molecule has 150 valence electrons. The Bertz CT molecular complexity index is 1390. The third-order valence-corrected chi connectivity index (χ3v) is 5.84. The molecule has 0 heterocycles. The van der Waals surface area contributed by atoms with E-state index in [1.165, 1.54) is 49.5 Å². The molecule has 0 saturated carbocycles. The van der Waals surface area contributed by atoms with Crippen molar-refractivity contribution in [1.29, 1.82) is 0 Å². The summed E-state index contributed by atoms with van der Waals surface area (Å²) in [5.74, 6) is 0. The van der Waals surface area contributed by atoms with Crippen LogP contribution in [0.5, 0.6) is 0 Å². The van der Waals surface area contributed by atoms with Gasteiger partial charge in [0.15, 0.2) is 0 Å². The molecule has 0 aromatic heterocycles. The molecule has 0 aliphatic carbocycles. The second-order valence-electron chi connectivity index (χ2n) is 8.17. The van der Waals surface area contributed by atoms with Gasteiger partial charge in [-0.05, 0) is 74.1 Å². The molecule has 0 aliphatic rings. The standard InChI is InChI=1S/C30H25N/c1-31(2)29-17-15-25(16-18-29)30(28-14-13-24-8-4-6-10-27(24)21-28)20-22-11-12-23-7-3-5-9-26(23)19-22/h3-21H,1-2H3/b30-20-. The monoisotopic (exact) mass is 399 g/mol. The van der Waals surface area contributed by atoms with Gasteiger partial charge in [-0.1, -0.05) is 84.9 Å². The quantitative estimate of drug-likeness (QED) is 0.281. The van der Waals surface area contributed by atoms with Crippen LogP contribution in [0.1, 0.15) is 16.7 Å². The lowest BCUT2D eigenvalue weighted by Gasteiger charge is -2.15. The molecule has 5 aromatic carbocycles. The van der Waals surface area contributed by atoms with Gasteiger partial charge in [0.25, 0.3) is 0 Å². The molecule has 0 saturated heterocycles. The summed E-state index contributed by atoms with van der Waals surface area (Å²) in [6.07, 6.45) is 2.31. The summed E-state index contributed by atoms with van der Waals surface area (Å²) in [5.41, 5.74) is 6.08. The fourth-order valence-electron chi connectivity index (χ4n) is 4.09. The van der Waals surface area contributed by atoms with Crippen molar-refractivity contribution in [2.45, 2.75) is 0 Å². The van der Waals surface area contributed by atoms with Gasteiger partial charge in [0, 0.05) is 19.8 Å². The van der Waals surface area contributed by atoms with Gasteiger partial charge in [-0.2, -0.15) is 0 Å². The van der Waals surface area contributed by atoms with E-state index in [2.05, 4.69) is 134 Å². The molecular weight excluding hydrogens is 374 g/mol. The highest BCUT2D eigenvalue weighted by molar-refractivity contribution is 5.97. The Hall–Kier alpha value is -3.84. The summed E-state index contributed by atoms with van der Waals surface area (Å²) in [7, 11) is 4.15. The molecule has 0 amide bonds. The van der Waals surface area contributed by atoms with Gasteiger partial charge in [0.05, 0.1) is 0 Å². The van der Waals surface area contributed by atoms with Crippen LogP contribution in [0.25, 0.3) is 33.2 Å². The fraction of sp³-hybridized carbons (Fsp3) is 0.0667. The van der Waals surface area contributed by atoms with Crippen LogP contribution in [0.15, 0.2) is 109 Å². The van der Waals surface area contributed by atoms with E-state index in [9.17, 15) is 0 Å². The van der Waals surface area contributed by atoms with E-state index in [0.29, 0.717) is 0 Å². The van der Waals surface area contributed by atoms with Gasteiger partial charge in [-0.25, -0.2) is 0 Å².